The van der Waals surface area contributed by atoms with Crippen LogP contribution in [0.1, 0.15) is 31.2 Å². The van der Waals surface area contributed by atoms with Gasteiger partial charge in [0.1, 0.15) is 0 Å². The first-order chi connectivity index (χ1) is 10.2. The second-order valence-electron chi connectivity index (χ2n) is 5.98. The maximum atomic E-state index is 12.2. The molecule has 6 heteroatoms. The second kappa shape index (κ2) is 7.91. The smallest absolute Gasteiger partial charge is 0.238 e. The van der Waals surface area contributed by atoms with Crippen molar-refractivity contribution in [2.45, 2.75) is 37.1 Å². The van der Waals surface area contributed by atoms with Crippen molar-refractivity contribution < 1.29 is 4.79 Å². The number of halogens is 2. The molecule has 22 heavy (non-hydrogen) atoms. The molecular formula is C16H22Cl2N2OS. The Morgan fingerprint density at radius 2 is 2.00 bits per heavy atom. The summed E-state index contributed by atoms with van der Waals surface area (Å²) in [5.74, 6) is 1.89. The Hall–Kier alpha value is -0.420. The van der Waals surface area contributed by atoms with E-state index in [-0.39, 0.29) is 29.8 Å². The lowest BCUT2D eigenvalue weighted by Gasteiger charge is -2.30. The van der Waals surface area contributed by atoms with Crippen molar-refractivity contribution in [3.05, 3.63) is 34.9 Å². The number of hydrogen-bond acceptors (Lipinski definition) is 3. The molecule has 1 unspecified atom stereocenters. The summed E-state index contributed by atoms with van der Waals surface area (Å²) in [7, 11) is 0. The van der Waals surface area contributed by atoms with Gasteiger partial charge in [-0.2, -0.15) is 0 Å². The van der Waals surface area contributed by atoms with E-state index in [1.165, 1.54) is 18.4 Å². The van der Waals surface area contributed by atoms with E-state index in [0.29, 0.717) is 0 Å². The van der Waals surface area contributed by atoms with Crippen LogP contribution in [0.15, 0.2) is 24.3 Å². The van der Waals surface area contributed by atoms with Crippen molar-refractivity contribution in [1.82, 2.24) is 10.6 Å². The van der Waals surface area contributed by atoms with Crippen molar-refractivity contribution in [1.29, 1.82) is 0 Å². The Bertz CT molecular complexity index is 497. The molecular weight excluding hydrogens is 339 g/mol. The van der Waals surface area contributed by atoms with Crippen LogP contribution in [0.5, 0.6) is 0 Å². The fraction of sp³-hybridized carbons (Fsp3) is 0.562. The Labute approximate surface area is 147 Å². The lowest BCUT2D eigenvalue weighted by atomic mass is 9.79. The Kier molecular flexibility index (Phi) is 6.45. The summed E-state index contributed by atoms with van der Waals surface area (Å²) in [5, 5.41) is 7.16. The van der Waals surface area contributed by atoms with Crippen LogP contribution in [-0.2, 0) is 10.2 Å². The number of hydrogen-bond donors (Lipinski definition) is 2. The van der Waals surface area contributed by atoms with Gasteiger partial charge in [0.25, 0.3) is 0 Å². The van der Waals surface area contributed by atoms with E-state index in [1.54, 1.807) is 11.8 Å². The highest BCUT2D eigenvalue weighted by Gasteiger charge is 2.36. The molecule has 0 spiro atoms. The van der Waals surface area contributed by atoms with E-state index in [1.807, 2.05) is 12.1 Å². The van der Waals surface area contributed by atoms with E-state index >= 15 is 0 Å². The molecule has 1 saturated carbocycles. The van der Waals surface area contributed by atoms with E-state index < -0.39 is 0 Å². The van der Waals surface area contributed by atoms with Gasteiger partial charge in [0, 0.05) is 28.6 Å². The third-order valence-electron chi connectivity index (χ3n) is 4.65. The highest BCUT2D eigenvalue weighted by atomic mass is 35.5. The average Bonchev–Trinajstić information content (AvgIpc) is 3.18. The predicted octanol–water partition coefficient (Wildman–Crippen LogP) is 3.35. The molecule has 2 fully saturated rings. The van der Waals surface area contributed by atoms with Crippen LogP contribution >= 0.6 is 35.8 Å². The SMILES string of the molecule is Cl.O=C(NCC1(c2ccc(Cl)cc2)CCCC1)C1CSCN1. The summed E-state index contributed by atoms with van der Waals surface area (Å²) in [6, 6.07) is 8.10. The monoisotopic (exact) mass is 360 g/mol. The second-order valence-corrected chi connectivity index (χ2v) is 7.45. The van der Waals surface area contributed by atoms with E-state index in [4.69, 9.17) is 11.6 Å². The van der Waals surface area contributed by atoms with E-state index in [2.05, 4.69) is 22.8 Å². The Morgan fingerprint density at radius 3 is 2.59 bits per heavy atom. The molecule has 0 radical (unpaired) electrons. The highest BCUT2D eigenvalue weighted by Crippen LogP contribution is 2.40. The number of carbonyl (C=O) groups is 1. The van der Waals surface area contributed by atoms with Gasteiger partial charge in [-0.05, 0) is 30.5 Å². The molecule has 122 valence electrons. The standard InChI is InChI=1S/C16H21ClN2OS.ClH/c17-13-5-3-12(4-6-13)16(7-1-2-8-16)10-18-15(20)14-9-21-11-19-14;/h3-6,14,19H,1-2,7-11H2,(H,18,20);1H. The molecule has 1 amide bonds. The van der Waals surface area contributed by atoms with Crippen molar-refractivity contribution in [2.75, 3.05) is 18.2 Å². The van der Waals surface area contributed by atoms with Crippen LogP contribution in [-0.4, -0.2) is 30.1 Å². The first kappa shape index (κ1) is 17.9. The zero-order chi connectivity index (χ0) is 14.7. The molecule has 0 aromatic heterocycles. The van der Waals surface area contributed by atoms with Crippen molar-refractivity contribution in [2.24, 2.45) is 0 Å². The third kappa shape index (κ3) is 3.91. The molecule has 1 aliphatic carbocycles. The maximum Gasteiger partial charge on any atom is 0.238 e. The molecule has 1 aromatic carbocycles. The van der Waals surface area contributed by atoms with Crippen LogP contribution < -0.4 is 10.6 Å². The normalized spacial score (nSPS) is 23.0. The Balaban J connectivity index is 0.00000176. The van der Waals surface area contributed by atoms with Gasteiger partial charge in [-0.25, -0.2) is 0 Å². The molecule has 2 aliphatic rings. The van der Waals surface area contributed by atoms with Crippen molar-refractivity contribution in [3.63, 3.8) is 0 Å². The number of thioether (sulfide) groups is 1. The van der Waals surface area contributed by atoms with Crippen LogP contribution in [0.4, 0.5) is 0 Å². The predicted molar refractivity (Wildman–Crippen MR) is 96.1 cm³/mol. The van der Waals surface area contributed by atoms with Crippen LogP contribution in [0.25, 0.3) is 0 Å². The summed E-state index contributed by atoms with van der Waals surface area (Å²) in [6.07, 6.45) is 4.75. The van der Waals surface area contributed by atoms with Crippen molar-refractivity contribution in [3.8, 4) is 0 Å². The topological polar surface area (TPSA) is 41.1 Å². The van der Waals surface area contributed by atoms with Crippen LogP contribution in [0.2, 0.25) is 5.02 Å². The van der Waals surface area contributed by atoms with Gasteiger partial charge in [-0.15, -0.1) is 24.2 Å². The summed E-state index contributed by atoms with van der Waals surface area (Å²) in [5.41, 5.74) is 1.39. The molecule has 3 rings (SSSR count). The quantitative estimate of drug-likeness (QED) is 0.864. The van der Waals surface area contributed by atoms with Gasteiger partial charge in [-0.3, -0.25) is 10.1 Å². The van der Waals surface area contributed by atoms with E-state index in [9.17, 15) is 4.79 Å². The molecule has 0 bridgehead atoms. The molecule has 1 heterocycles. The van der Waals surface area contributed by atoms with E-state index in [0.717, 1.165) is 36.0 Å². The van der Waals surface area contributed by atoms with Crippen LogP contribution in [0, 0.1) is 0 Å². The Morgan fingerprint density at radius 1 is 1.32 bits per heavy atom. The fourth-order valence-corrected chi connectivity index (χ4v) is 4.43. The lowest BCUT2D eigenvalue weighted by molar-refractivity contribution is -0.122. The number of carbonyl (C=O) groups excluding carboxylic acids is 1. The first-order valence-corrected chi connectivity index (χ1v) is 9.08. The number of benzene rings is 1. The fourth-order valence-electron chi connectivity index (χ4n) is 3.37. The highest BCUT2D eigenvalue weighted by molar-refractivity contribution is 7.99. The maximum absolute atomic E-state index is 12.2. The molecule has 2 N–H and O–H groups in total. The van der Waals surface area contributed by atoms with Gasteiger partial charge >= 0.3 is 0 Å². The molecule has 3 nitrogen and oxygen atoms in total. The molecule has 1 atom stereocenters. The minimum Gasteiger partial charge on any atom is -0.354 e. The van der Waals surface area contributed by atoms with Gasteiger partial charge in [-0.1, -0.05) is 36.6 Å². The lowest BCUT2D eigenvalue weighted by Crippen LogP contribution is -2.47. The summed E-state index contributed by atoms with van der Waals surface area (Å²) in [6.45, 7) is 0.732. The number of nitrogens with one attached hydrogen (secondary N) is 2. The molecule has 1 aromatic rings. The zero-order valence-corrected chi connectivity index (χ0v) is 14.8. The minimum absolute atomic E-state index is 0. The average molecular weight is 361 g/mol. The summed E-state index contributed by atoms with van der Waals surface area (Å²) >= 11 is 7.78. The van der Waals surface area contributed by atoms with Crippen molar-refractivity contribution >= 4 is 41.7 Å². The summed E-state index contributed by atoms with van der Waals surface area (Å²) in [4.78, 5) is 12.2. The number of amides is 1. The largest absolute Gasteiger partial charge is 0.354 e. The van der Waals surface area contributed by atoms with Gasteiger partial charge in [0.2, 0.25) is 5.91 Å². The molecule has 1 saturated heterocycles. The molecule has 1 aliphatic heterocycles. The van der Waals surface area contributed by atoms with Crippen LogP contribution in [0.3, 0.4) is 0 Å². The minimum atomic E-state index is -0.0290. The van der Waals surface area contributed by atoms with Gasteiger partial charge in [0.15, 0.2) is 0 Å². The zero-order valence-electron chi connectivity index (χ0n) is 12.4. The number of rotatable bonds is 4. The van der Waals surface area contributed by atoms with Gasteiger partial charge in [0.05, 0.1) is 6.04 Å². The summed E-state index contributed by atoms with van der Waals surface area (Å²) < 4.78 is 0. The third-order valence-corrected chi connectivity index (χ3v) is 5.84. The van der Waals surface area contributed by atoms with Gasteiger partial charge < -0.3 is 5.32 Å². The first-order valence-electron chi connectivity index (χ1n) is 7.55.